The van der Waals surface area contributed by atoms with E-state index in [2.05, 4.69) is 10.6 Å². The average molecular weight is 426 g/mol. The number of hydrogen-bond acceptors (Lipinski definition) is 5. The van der Waals surface area contributed by atoms with Crippen LogP contribution in [0, 0.1) is 0 Å². The van der Waals surface area contributed by atoms with E-state index in [1.165, 1.54) is 11.9 Å². The number of likely N-dealkylation sites (N-methyl/N-ethyl adjacent to an activating group) is 2. The van der Waals surface area contributed by atoms with E-state index in [1.807, 2.05) is 65.8 Å². The summed E-state index contributed by atoms with van der Waals surface area (Å²) < 4.78 is 10.3. The van der Waals surface area contributed by atoms with Crippen molar-refractivity contribution < 1.29 is 23.9 Å². The summed E-state index contributed by atoms with van der Waals surface area (Å²) in [6.45, 7) is 11.6. The van der Waals surface area contributed by atoms with Crippen molar-refractivity contribution in [2.45, 2.75) is 59.6 Å². The van der Waals surface area contributed by atoms with Crippen molar-refractivity contribution in [3.63, 3.8) is 0 Å². The number of hydrogen-bond donors (Lipinski definition) is 2. The second-order valence-corrected chi connectivity index (χ2v) is 7.29. The summed E-state index contributed by atoms with van der Waals surface area (Å²) in [6.07, 6.45) is 0.979. The van der Waals surface area contributed by atoms with Gasteiger partial charge in [0.1, 0.15) is 11.4 Å². The van der Waals surface area contributed by atoms with Crippen molar-refractivity contribution in [3.05, 3.63) is 29.8 Å². The minimum Gasteiger partial charge on any atom is -0.497 e. The molecule has 0 heterocycles. The molecule has 3 amide bonds. The number of rotatable bonds is 7. The molecule has 0 saturated carbocycles. The first kappa shape index (κ1) is 29.4. The van der Waals surface area contributed by atoms with Crippen LogP contribution >= 0.6 is 0 Å². The molecule has 172 valence electrons. The molecule has 1 rings (SSSR count). The highest BCUT2D eigenvalue weighted by Crippen LogP contribution is 2.13. The summed E-state index contributed by atoms with van der Waals surface area (Å²) in [5.74, 6) is 0.668. The maximum absolute atomic E-state index is 11.6. The van der Waals surface area contributed by atoms with Crippen LogP contribution in [0.15, 0.2) is 24.3 Å². The van der Waals surface area contributed by atoms with Gasteiger partial charge in [-0.15, -0.1) is 0 Å². The lowest BCUT2D eigenvalue weighted by Crippen LogP contribution is -2.38. The summed E-state index contributed by atoms with van der Waals surface area (Å²) in [7, 11) is 4.71. The van der Waals surface area contributed by atoms with E-state index >= 15 is 0 Å². The second-order valence-electron chi connectivity index (χ2n) is 7.29. The number of alkyl carbamates (subject to hydrolysis) is 1. The van der Waals surface area contributed by atoms with Gasteiger partial charge in [0.05, 0.1) is 13.7 Å². The lowest BCUT2D eigenvalue weighted by molar-refractivity contribution is -0.126. The predicted molar refractivity (Wildman–Crippen MR) is 120 cm³/mol. The highest BCUT2D eigenvalue weighted by Gasteiger charge is 2.17. The molecule has 0 aliphatic rings. The van der Waals surface area contributed by atoms with Gasteiger partial charge in [-0.2, -0.15) is 0 Å². The maximum Gasteiger partial charge on any atom is 0.407 e. The SMILES string of the molecule is CC.CNC(=O)CN(C)C=O.COc1ccc(CC(C)NC(=O)OC(C)(C)C)cc1. The summed E-state index contributed by atoms with van der Waals surface area (Å²) in [5.41, 5.74) is 0.675. The van der Waals surface area contributed by atoms with E-state index in [9.17, 15) is 14.4 Å². The summed E-state index contributed by atoms with van der Waals surface area (Å²) in [4.78, 5) is 33.2. The van der Waals surface area contributed by atoms with Crippen LogP contribution in [-0.4, -0.2) is 62.7 Å². The van der Waals surface area contributed by atoms with Crippen LogP contribution < -0.4 is 15.4 Å². The fraction of sp³-hybridized carbons (Fsp3) is 0.591. The van der Waals surface area contributed by atoms with Gasteiger partial charge >= 0.3 is 6.09 Å². The molecular formula is C22H39N3O5. The predicted octanol–water partition coefficient (Wildman–Crippen LogP) is 3.00. The van der Waals surface area contributed by atoms with Crippen LogP contribution in [0.4, 0.5) is 4.79 Å². The van der Waals surface area contributed by atoms with Gasteiger partial charge in [0.25, 0.3) is 0 Å². The topological polar surface area (TPSA) is 97.0 Å². The highest BCUT2D eigenvalue weighted by atomic mass is 16.6. The molecule has 30 heavy (non-hydrogen) atoms. The standard InChI is InChI=1S/C15H23NO3.C5H10N2O2.C2H6/c1-11(16-14(17)19-15(2,3)4)10-12-6-8-13(18-5)9-7-12;1-6-5(9)3-7(2)4-8;1-2/h6-9,11H,10H2,1-5H3,(H,16,17);4H,3H2,1-2H3,(H,6,9);1-2H3. The number of carbonyl (C=O) groups is 3. The summed E-state index contributed by atoms with van der Waals surface area (Å²) in [6, 6.07) is 7.83. The van der Waals surface area contributed by atoms with Crippen LogP contribution in [0.2, 0.25) is 0 Å². The Hall–Kier alpha value is -2.77. The minimum absolute atomic E-state index is 0.0169. The lowest BCUT2D eigenvalue weighted by atomic mass is 10.1. The van der Waals surface area contributed by atoms with Crippen molar-refractivity contribution in [1.82, 2.24) is 15.5 Å². The summed E-state index contributed by atoms with van der Waals surface area (Å²) >= 11 is 0. The molecule has 0 aliphatic carbocycles. The normalized spacial score (nSPS) is 10.7. The van der Waals surface area contributed by atoms with Crippen LogP contribution in [-0.2, 0) is 20.7 Å². The molecule has 0 fully saturated rings. The van der Waals surface area contributed by atoms with E-state index < -0.39 is 5.60 Å². The Balaban J connectivity index is 0. The number of methoxy groups -OCH3 is 1. The Morgan fingerprint density at radius 3 is 2.10 bits per heavy atom. The van der Waals surface area contributed by atoms with E-state index in [-0.39, 0.29) is 24.6 Å². The molecule has 8 heteroatoms. The van der Waals surface area contributed by atoms with Gasteiger partial charge in [-0.25, -0.2) is 4.79 Å². The van der Waals surface area contributed by atoms with Crippen molar-refractivity contribution in [2.75, 3.05) is 27.7 Å². The zero-order chi connectivity index (χ0) is 23.7. The molecule has 8 nitrogen and oxygen atoms in total. The van der Waals surface area contributed by atoms with Gasteiger partial charge in [-0.1, -0.05) is 26.0 Å². The molecule has 1 aromatic rings. The van der Waals surface area contributed by atoms with Crippen molar-refractivity contribution >= 4 is 18.4 Å². The van der Waals surface area contributed by atoms with E-state index in [0.717, 1.165) is 17.7 Å². The third-order valence-corrected chi connectivity index (χ3v) is 3.32. The van der Waals surface area contributed by atoms with Gasteiger partial charge in [0.15, 0.2) is 0 Å². The molecule has 1 aromatic carbocycles. The molecule has 0 aromatic heterocycles. The Morgan fingerprint density at radius 2 is 1.70 bits per heavy atom. The minimum atomic E-state index is -0.468. The first-order valence-corrected chi connectivity index (χ1v) is 9.99. The molecular weight excluding hydrogens is 386 g/mol. The van der Waals surface area contributed by atoms with Gasteiger partial charge in [-0.05, 0) is 51.8 Å². The zero-order valence-electron chi connectivity index (χ0n) is 19.9. The Kier molecular flexibility index (Phi) is 15.8. The number of benzene rings is 1. The third kappa shape index (κ3) is 16.2. The molecule has 0 radical (unpaired) electrons. The Bertz CT molecular complexity index is 612. The number of ether oxygens (including phenoxy) is 2. The fourth-order valence-corrected chi connectivity index (χ4v) is 2.02. The Labute approximate surface area is 181 Å². The van der Waals surface area contributed by atoms with Crippen LogP contribution in [0.5, 0.6) is 5.75 Å². The zero-order valence-corrected chi connectivity index (χ0v) is 19.9. The highest BCUT2D eigenvalue weighted by molar-refractivity contribution is 5.79. The van der Waals surface area contributed by atoms with Gasteiger partial charge in [0.2, 0.25) is 12.3 Å². The van der Waals surface area contributed by atoms with Gasteiger partial charge in [0, 0.05) is 20.1 Å². The summed E-state index contributed by atoms with van der Waals surface area (Å²) in [5, 5.41) is 5.21. The second kappa shape index (κ2) is 16.1. The fourth-order valence-electron chi connectivity index (χ4n) is 2.02. The maximum atomic E-state index is 11.6. The number of nitrogens with zero attached hydrogens (tertiary/aromatic N) is 1. The molecule has 0 bridgehead atoms. The smallest absolute Gasteiger partial charge is 0.407 e. The molecule has 1 atom stereocenters. The quantitative estimate of drug-likeness (QED) is 0.655. The number of nitrogens with one attached hydrogen (secondary N) is 2. The molecule has 1 unspecified atom stereocenters. The average Bonchev–Trinajstić information content (AvgIpc) is 2.68. The lowest BCUT2D eigenvalue weighted by Gasteiger charge is -2.22. The molecule has 2 N–H and O–H groups in total. The third-order valence-electron chi connectivity index (χ3n) is 3.32. The molecule has 0 aliphatic heterocycles. The largest absolute Gasteiger partial charge is 0.497 e. The Morgan fingerprint density at radius 1 is 1.17 bits per heavy atom. The van der Waals surface area contributed by atoms with E-state index in [4.69, 9.17) is 9.47 Å². The first-order valence-electron chi connectivity index (χ1n) is 9.99. The molecule has 0 spiro atoms. The van der Waals surface area contributed by atoms with Gasteiger partial charge < -0.3 is 25.0 Å². The van der Waals surface area contributed by atoms with E-state index in [1.54, 1.807) is 14.2 Å². The van der Waals surface area contributed by atoms with Crippen molar-refractivity contribution in [2.24, 2.45) is 0 Å². The monoisotopic (exact) mass is 425 g/mol. The van der Waals surface area contributed by atoms with Gasteiger partial charge in [-0.3, -0.25) is 9.59 Å². The number of carbonyl (C=O) groups excluding carboxylic acids is 3. The van der Waals surface area contributed by atoms with Crippen molar-refractivity contribution in [1.29, 1.82) is 0 Å². The van der Waals surface area contributed by atoms with Crippen LogP contribution in [0.25, 0.3) is 0 Å². The molecule has 0 saturated heterocycles. The first-order chi connectivity index (χ1) is 14.0. The van der Waals surface area contributed by atoms with Crippen molar-refractivity contribution in [3.8, 4) is 5.75 Å². The van der Waals surface area contributed by atoms with Crippen LogP contribution in [0.3, 0.4) is 0 Å². The number of amides is 3. The van der Waals surface area contributed by atoms with E-state index in [0.29, 0.717) is 6.41 Å². The van der Waals surface area contributed by atoms with Crippen LogP contribution in [0.1, 0.15) is 47.1 Å².